The second-order valence-corrected chi connectivity index (χ2v) is 13.1. The summed E-state index contributed by atoms with van der Waals surface area (Å²) in [6, 6.07) is 24.3. The molecule has 0 saturated heterocycles. The average molecular weight is 649 g/mol. The number of carbonyl (C=O) groups excluding carboxylic acids is 3. The zero-order chi connectivity index (χ0) is 34.7. The van der Waals surface area contributed by atoms with Gasteiger partial charge in [0.25, 0.3) is 0 Å². The third-order valence-corrected chi connectivity index (χ3v) is 9.64. The molecule has 48 heavy (non-hydrogen) atoms. The number of hydrogen-bond acceptors (Lipinski definition) is 6. The van der Waals surface area contributed by atoms with E-state index in [0.717, 1.165) is 33.4 Å². The first-order chi connectivity index (χ1) is 22.8. The predicted molar refractivity (Wildman–Crippen MR) is 188 cm³/mol. The number of methoxy groups -OCH3 is 1. The second-order valence-electron chi connectivity index (χ2n) is 13.1. The molecule has 0 bridgehead atoms. The number of amides is 2. The third-order valence-electron chi connectivity index (χ3n) is 9.64. The molecular weight excluding hydrogens is 604 g/mol. The van der Waals surface area contributed by atoms with Crippen molar-refractivity contribution in [3.63, 3.8) is 0 Å². The Balaban J connectivity index is 1.57. The number of nitrogens with one attached hydrogen (secondary N) is 2. The summed E-state index contributed by atoms with van der Waals surface area (Å²) >= 11 is 0. The molecule has 4 unspecified atom stereocenters. The van der Waals surface area contributed by atoms with Crippen LogP contribution in [0.2, 0.25) is 0 Å². The average Bonchev–Trinajstić information content (AvgIpc) is 3.04. The van der Waals surface area contributed by atoms with Crippen molar-refractivity contribution in [1.82, 2.24) is 0 Å². The Morgan fingerprint density at radius 2 is 1.40 bits per heavy atom. The van der Waals surface area contributed by atoms with Crippen molar-refractivity contribution < 1.29 is 29.0 Å². The number of ether oxygens (including phenoxy) is 2. The maximum atomic E-state index is 14.3. The molecule has 4 atom stereocenters. The molecule has 8 nitrogen and oxygen atoms in total. The number of carbonyl (C=O) groups is 3. The summed E-state index contributed by atoms with van der Waals surface area (Å²) in [7, 11) is 1.51. The Morgan fingerprint density at radius 1 is 0.812 bits per heavy atom. The van der Waals surface area contributed by atoms with E-state index in [1.165, 1.54) is 14.0 Å². The standard InChI is InChI=1S/C40H44N2O6/c1-23-14-16-28(17-15-23)22-48-33-19-18-29(20-34(33)47-7)35-36(38(44)41-30-12-8-10-24(2)26(30)4)32(43)21-40(6,46)37(35)39(45)42-31-13-9-11-25(3)27(31)5/h8-20,35-37,46H,21-22H2,1-7H3,(H,41,44)(H,42,45). The highest BCUT2D eigenvalue weighted by Gasteiger charge is 2.56. The lowest BCUT2D eigenvalue weighted by atomic mass is 9.61. The molecule has 0 radical (unpaired) electrons. The van der Waals surface area contributed by atoms with Crippen LogP contribution in [0.15, 0.2) is 78.9 Å². The lowest BCUT2D eigenvalue weighted by Crippen LogP contribution is -2.56. The molecular formula is C40H44N2O6. The second kappa shape index (κ2) is 14.0. The summed E-state index contributed by atoms with van der Waals surface area (Å²) in [5, 5.41) is 17.8. The lowest BCUT2D eigenvalue weighted by Gasteiger charge is -2.44. The summed E-state index contributed by atoms with van der Waals surface area (Å²) in [4.78, 5) is 42.4. The van der Waals surface area contributed by atoms with Gasteiger partial charge in [0.15, 0.2) is 11.5 Å². The van der Waals surface area contributed by atoms with Gasteiger partial charge in [-0.2, -0.15) is 0 Å². The lowest BCUT2D eigenvalue weighted by molar-refractivity contribution is -0.150. The van der Waals surface area contributed by atoms with Gasteiger partial charge in [0, 0.05) is 23.7 Å². The van der Waals surface area contributed by atoms with Crippen LogP contribution in [0.5, 0.6) is 11.5 Å². The Morgan fingerprint density at radius 3 is 1.98 bits per heavy atom. The molecule has 1 saturated carbocycles. The number of anilines is 2. The van der Waals surface area contributed by atoms with Gasteiger partial charge in [-0.1, -0.05) is 60.2 Å². The molecule has 5 rings (SSSR count). The molecule has 1 aliphatic carbocycles. The van der Waals surface area contributed by atoms with Crippen LogP contribution in [-0.2, 0) is 21.0 Å². The zero-order valence-electron chi connectivity index (χ0n) is 28.6. The molecule has 0 spiro atoms. The minimum atomic E-state index is -1.76. The van der Waals surface area contributed by atoms with E-state index < -0.39 is 41.0 Å². The van der Waals surface area contributed by atoms with Crippen molar-refractivity contribution in [2.45, 2.75) is 66.1 Å². The molecule has 1 fully saturated rings. The smallest absolute Gasteiger partial charge is 0.235 e. The monoisotopic (exact) mass is 648 g/mol. The van der Waals surface area contributed by atoms with Crippen LogP contribution in [0, 0.1) is 46.5 Å². The largest absolute Gasteiger partial charge is 0.493 e. The quantitative estimate of drug-likeness (QED) is 0.166. The molecule has 0 heterocycles. The number of benzene rings is 4. The van der Waals surface area contributed by atoms with Gasteiger partial charge in [0.1, 0.15) is 18.3 Å². The highest BCUT2D eigenvalue weighted by molar-refractivity contribution is 6.10. The SMILES string of the molecule is COc1cc(C2C(C(=O)Nc3cccc(C)c3C)C(=O)CC(C)(O)C2C(=O)Nc2cccc(C)c2C)ccc1OCc1ccc(C)cc1. The molecule has 4 aromatic rings. The van der Waals surface area contributed by atoms with Gasteiger partial charge in [-0.3, -0.25) is 14.4 Å². The van der Waals surface area contributed by atoms with Crippen molar-refractivity contribution in [3.8, 4) is 11.5 Å². The van der Waals surface area contributed by atoms with Gasteiger partial charge in [-0.25, -0.2) is 0 Å². The predicted octanol–water partition coefficient (Wildman–Crippen LogP) is 7.13. The minimum Gasteiger partial charge on any atom is -0.493 e. The van der Waals surface area contributed by atoms with Crippen LogP contribution < -0.4 is 20.1 Å². The van der Waals surface area contributed by atoms with Gasteiger partial charge in [-0.15, -0.1) is 0 Å². The molecule has 3 N–H and O–H groups in total. The summed E-state index contributed by atoms with van der Waals surface area (Å²) in [5.41, 5.74) is 5.77. The fraction of sp³-hybridized carbons (Fsp3) is 0.325. The van der Waals surface area contributed by atoms with Crippen LogP contribution in [-0.4, -0.2) is 35.4 Å². The first-order valence-electron chi connectivity index (χ1n) is 16.2. The van der Waals surface area contributed by atoms with E-state index in [1.54, 1.807) is 30.3 Å². The molecule has 250 valence electrons. The third kappa shape index (κ3) is 7.14. The summed E-state index contributed by atoms with van der Waals surface area (Å²) in [6.07, 6.45) is -0.367. The number of rotatable bonds is 9. The van der Waals surface area contributed by atoms with Gasteiger partial charge in [-0.05, 0) is 99.2 Å². The van der Waals surface area contributed by atoms with Gasteiger partial charge in [0.05, 0.1) is 18.6 Å². The number of Topliss-reactive ketones (excluding diaryl/α,β-unsaturated/α-hetero) is 1. The van der Waals surface area contributed by atoms with Crippen molar-refractivity contribution >= 4 is 29.0 Å². The normalized spacial score (nSPS) is 20.6. The number of hydrogen-bond donors (Lipinski definition) is 3. The van der Waals surface area contributed by atoms with Crippen LogP contribution >= 0.6 is 0 Å². The summed E-state index contributed by atoms with van der Waals surface area (Å²) in [6.45, 7) is 11.5. The van der Waals surface area contributed by atoms with Crippen LogP contribution in [0.25, 0.3) is 0 Å². The number of ketones is 1. The van der Waals surface area contributed by atoms with E-state index in [9.17, 15) is 19.5 Å². The van der Waals surface area contributed by atoms with Crippen molar-refractivity contribution in [2.24, 2.45) is 11.8 Å². The van der Waals surface area contributed by atoms with E-state index in [4.69, 9.17) is 9.47 Å². The number of aryl methyl sites for hydroxylation is 3. The Bertz CT molecular complexity index is 1850. The van der Waals surface area contributed by atoms with E-state index >= 15 is 0 Å². The van der Waals surface area contributed by atoms with Gasteiger partial charge in [0.2, 0.25) is 11.8 Å². The Hall–Kier alpha value is -4.95. The molecule has 4 aromatic carbocycles. The molecule has 0 aromatic heterocycles. The fourth-order valence-corrected chi connectivity index (χ4v) is 6.54. The Kier molecular flexibility index (Phi) is 10.1. The van der Waals surface area contributed by atoms with Crippen LogP contribution in [0.4, 0.5) is 11.4 Å². The van der Waals surface area contributed by atoms with E-state index in [2.05, 4.69) is 10.6 Å². The van der Waals surface area contributed by atoms with Crippen LogP contribution in [0.1, 0.15) is 58.2 Å². The maximum absolute atomic E-state index is 14.3. The molecule has 1 aliphatic rings. The topological polar surface area (TPSA) is 114 Å². The van der Waals surface area contributed by atoms with Gasteiger partial charge >= 0.3 is 0 Å². The van der Waals surface area contributed by atoms with Crippen molar-refractivity contribution in [3.05, 3.63) is 118 Å². The van der Waals surface area contributed by atoms with E-state index in [0.29, 0.717) is 35.0 Å². The number of aliphatic hydroxyl groups is 1. The van der Waals surface area contributed by atoms with Gasteiger partial charge < -0.3 is 25.2 Å². The van der Waals surface area contributed by atoms with Crippen LogP contribution in [0.3, 0.4) is 0 Å². The van der Waals surface area contributed by atoms with Crippen molar-refractivity contribution in [1.29, 1.82) is 0 Å². The first kappa shape index (κ1) is 34.4. The zero-order valence-corrected chi connectivity index (χ0v) is 28.6. The van der Waals surface area contributed by atoms with Crippen molar-refractivity contribution in [2.75, 3.05) is 17.7 Å². The summed E-state index contributed by atoms with van der Waals surface area (Å²) in [5.74, 6) is -4.13. The molecule has 0 aliphatic heterocycles. The highest BCUT2D eigenvalue weighted by Crippen LogP contribution is 2.48. The Labute approximate surface area is 282 Å². The minimum absolute atomic E-state index is 0.300. The first-order valence-corrected chi connectivity index (χ1v) is 16.2. The van der Waals surface area contributed by atoms with E-state index in [-0.39, 0.29) is 6.42 Å². The molecule has 2 amide bonds. The highest BCUT2D eigenvalue weighted by atomic mass is 16.5. The van der Waals surface area contributed by atoms with E-state index in [1.807, 2.05) is 83.1 Å². The maximum Gasteiger partial charge on any atom is 0.235 e. The summed E-state index contributed by atoms with van der Waals surface area (Å²) < 4.78 is 11.8. The fourth-order valence-electron chi connectivity index (χ4n) is 6.54. The molecule has 8 heteroatoms.